The maximum Gasteiger partial charge on any atom is 0.191 e. The van der Waals surface area contributed by atoms with Gasteiger partial charge in [-0.3, -0.25) is 4.90 Å². The number of aliphatic imine (C=N–C) groups is 1. The Morgan fingerprint density at radius 2 is 2.12 bits per heavy atom. The van der Waals surface area contributed by atoms with E-state index < -0.39 is 0 Å². The SMILES string of the molecule is CCNC(=NCc1ccc(OC)c(C)c1)NCC1CCCN1CC.I. The molecule has 1 fully saturated rings. The number of rotatable bonds is 7. The lowest BCUT2D eigenvalue weighted by Crippen LogP contribution is -2.44. The Hall–Kier alpha value is -1.02. The molecule has 0 spiro atoms. The monoisotopic (exact) mass is 460 g/mol. The highest BCUT2D eigenvalue weighted by atomic mass is 127. The molecule has 2 N–H and O–H groups in total. The first-order valence-corrected chi connectivity index (χ1v) is 9.07. The van der Waals surface area contributed by atoms with Gasteiger partial charge in [-0.05, 0) is 57.0 Å². The van der Waals surface area contributed by atoms with Crippen molar-refractivity contribution in [1.82, 2.24) is 15.5 Å². The molecule has 1 atom stereocenters. The van der Waals surface area contributed by atoms with Crippen molar-refractivity contribution < 1.29 is 4.74 Å². The van der Waals surface area contributed by atoms with Gasteiger partial charge in [-0.2, -0.15) is 0 Å². The summed E-state index contributed by atoms with van der Waals surface area (Å²) in [6.45, 7) is 11.3. The molecular weight excluding hydrogens is 427 g/mol. The lowest BCUT2D eigenvalue weighted by molar-refractivity contribution is 0.267. The Morgan fingerprint density at radius 1 is 1.32 bits per heavy atom. The van der Waals surface area contributed by atoms with Crippen LogP contribution >= 0.6 is 24.0 Å². The van der Waals surface area contributed by atoms with E-state index in [0.29, 0.717) is 12.6 Å². The molecule has 1 saturated heterocycles. The minimum Gasteiger partial charge on any atom is -0.496 e. The number of likely N-dealkylation sites (N-methyl/N-ethyl adjacent to an activating group) is 1. The Bertz CT molecular complexity index is 550. The van der Waals surface area contributed by atoms with E-state index in [1.807, 2.05) is 6.07 Å². The van der Waals surface area contributed by atoms with Crippen LogP contribution in [0.2, 0.25) is 0 Å². The molecule has 1 unspecified atom stereocenters. The summed E-state index contributed by atoms with van der Waals surface area (Å²) < 4.78 is 5.32. The average Bonchev–Trinajstić information content (AvgIpc) is 3.05. The Labute approximate surface area is 169 Å². The van der Waals surface area contributed by atoms with Crippen LogP contribution in [0.15, 0.2) is 23.2 Å². The number of hydrogen-bond acceptors (Lipinski definition) is 3. The van der Waals surface area contributed by atoms with E-state index in [9.17, 15) is 0 Å². The summed E-state index contributed by atoms with van der Waals surface area (Å²) in [6, 6.07) is 6.86. The summed E-state index contributed by atoms with van der Waals surface area (Å²) in [7, 11) is 1.70. The summed E-state index contributed by atoms with van der Waals surface area (Å²) >= 11 is 0. The molecule has 25 heavy (non-hydrogen) atoms. The van der Waals surface area contributed by atoms with Crippen LogP contribution in [0.25, 0.3) is 0 Å². The average molecular weight is 460 g/mol. The van der Waals surface area contributed by atoms with Crippen molar-refractivity contribution in [2.75, 3.05) is 33.3 Å². The molecule has 0 saturated carbocycles. The minimum absolute atomic E-state index is 0. The summed E-state index contributed by atoms with van der Waals surface area (Å²) in [6.07, 6.45) is 2.58. The van der Waals surface area contributed by atoms with E-state index in [1.54, 1.807) is 7.11 Å². The number of hydrogen-bond donors (Lipinski definition) is 2. The number of nitrogens with one attached hydrogen (secondary N) is 2. The van der Waals surface area contributed by atoms with Gasteiger partial charge in [0.05, 0.1) is 13.7 Å². The minimum atomic E-state index is 0. The van der Waals surface area contributed by atoms with Crippen molar-refractivity contribution in [2.24, 2.45) is 4.99 Å². The number of likely N-dealkylation sites (tertiary alicyclic amines) is 1. The third-order valence-electron chi connectivity index (χ3n) is 4.63. The Balaban J connectivity index is 0.00000312. The van der Waals surface area contributed by atoms with E-state index >= 15 is 0 Å². The van der Waals surface area contributed by atoms with Gasteiger partial charge in [-0.25, -0.2) is 4.99 Å². The predicted octanol–water partition coefficient (Wildman–Crippen LogP) is 3.16. The zero-order valence-electron chi connectivity index (χ0n) is 16.0. The van der Waals surface area contributed by atoms with Gasteiger partial charge in [-0.1, -0.05) is 19.1 Å². The van der Waals surface area contributed by atoms with Gasteiger partial charge in [0.1, 0.15) is 5.75 Å². The molecule has 142 valence electrons. The number of ether oxygens (including phenoxy) is 1. The van der Waals surface area contributed by atoms with Crippen molar-refractivity contribution in [1.29, 1.82) is 0 Å². The molecule has 0 radical (unpaired) electrons. The van der Waals surface area contributed by atoms with Gasteiger partial charge in [0.2, 0.25) is 0 Å². The van der Waals surface area contributed by atoms with Crippen LogP contribution < -0.4 is 15.4 Å². The molecule has 6 heteroatoms. The van der Waals surface area contributed by atoms with Crippen LogP contribution in [0.4, 0.5) is 0 Å². The summed E-state index contributed by atoms with van der Waals surface area (Å²) in [4.78, 5) is 7.27. The lowest BCUT2D eigenvalue weighted by atomic mass is 10.1. The van der Waals surface area contributed by atoms with Gasteiger partial charge in [0, 0.05) is 19.1 Å². The highest BCUT2D eigenvalue weighted by Crippen LogP contribution is 2.19. The standard InChI is InChI=1S/C19H32N4O.HI/c1-5-20-19(22-14-17-8-7-11-23(17)6-2)21-13-16-9-10-18(24-4)15(3)12-16;/h9-10,12,17H,5-8,11,13-14H2,1-4H3,(H2,20,21,22);1H. The van der Waals surface area contributed by atoms with Crippen molar-refractivity contribution >= 4 is 29.9 Å². The van der Waals surface area contributed by atoms with Crippen LogP contribution in [0, 0.1) is 6.92 Å². The number of benzene rings is 1. The van der Waals surface area contributed by atoms with E-state index in [1.165, 1.54) is 24.9 Å². The van der Waals surface area contributed by atoms with Gasteiger partial charge >= 0.3 is 0 Å². The molecule has 0 bridgehead atoms. The third kappa shape index (κ3) is 6.66. The van der Waals surface area contributed by atoms with Crippen molar-refractivity contribution in [3.05, 3.63) is 29.3 Å². The van der Waals surface area contributed by atoms with E-state index in [2.05, 4.69) is 48.4 Å². The third-order valence-corrected chi connectivity index (χ3v) is 4.63. The van der Waals surface area contributed by atoms with Crippen LogP contribution in [-0.4, -0.2) is 50.2 Å². The molecule has 0 amide bonds. The van der Waals surface area contributed by atoms with Crippen molar-refractivity contribution in [3.8, 4) is 5.75 Å². The second-order valence-corrected chi connectivity index (χ2v) is 6.30. The largest absolute Gasteiger partial charge is 0.496 e. The zero-order valence-corrected chi connectivity index (χ0v) is 18.3. The predicted molar refractivity (Wildman–Crippen MR) is 116 cm³/mol. The van der Waals surface area contributed by atoms with Gasteiger partial charge in [0.25, 0.3) is 0 Å². The molecule has 0 aliphatic carbocycles. The number of guanidine groups is 1. The van der Waals surface area contributed by atoms with Crippen LogP contribution in [-0.2, 0) is 6.54 Å². The first-order chi connectivity index (χ1) is 11.7. The fraction of sp³-hybridized carbons (Fsp3) is 0.632. The van der Waals surface area contributed by atoms with E-state index in [-0.39, 0.29) is 24.0 Å². The normalized spacial score (nSPS) is 17.9. The highest BCUT2D eigenvalue weighted by Gasteiger charge is 2.22. The number of halogens is 1. The second kappa shape index (κ2) is 11.6. The van der Waals surface area contributed by atoms with Crippen LogP contribution in [0.3, 0.4) is 0 Å². The summed E-state index contributed by atoms with van der Waals surface area (Å²) in [5.41, 5.74) is 2.34. The Morgan fingerprint density at radius 3 is 2.76 bits per heavy atom. The number of aryl methyl sites for hydroxylation is 1. The molecule has 1 aliphatic heterocycles. The topological polar surface area (TPSA) is 48.9 Å². The maximum atomic E-state index is 5.32. The number of methoxy groups -OCH3 is 1. The van der Waals surface area contributed by atoms with E-state index in [0.717, 1.165) is 36.9 Å². The van der Waals surface area contributed by atoms with Gasteiger partial charge < -0.3 is 15.4 Å². The summed E-state index contributed by atoms with van der Waals surface area (Å²) in [5.74, 6) is 1.82. The van der Waals surface area contributed by atoms with E-state index in [4.69, 9.17) is 9.73 Å². The molecule has 1 heterocycles. The first-order valence-electron chi connectivity index (χ1n) is 9.07. The quantitative estimate of drug-likeness (QED) is 0.373. The van der Waals surface area contributed by atoms with Crippen LogP contribution in [0.5, 0.6) is 5.75 Å². The highest BCUT2D eigenvalue weighted by molar-refractivity contribution is 14.0. The molecular formula is C19H33IN4O. The van der Waals surface area contributed by atoms with Crippen molar-refractivity contribution in [2.45, 2.75) is 46.2 Å². The van der Waals surface area contributed by atoms with Gasteiger partial charge in [-0.15, -0.1) is 24.0 Å². The number of nitrogens with zero attached hydrogens (tertiary/aromatic N) is 2. The maximum absolute atomic E-state index is 5.32. The van der Waals surface area contributed by atoms with Gasteiger partial charge in [0.15, 0.2) is 5.96 Å². The lowest BCUT2D eigenvalue weighted by Gasteiger charge is -2.24. The molecule has 1 aliphatic rings. The molecule has 5 nitrogen and oxygen atoms in total. The Kier molecular flexibility index (Phi) is 10.2. The fourth-order valence-electron chi connectivity index (χ4n) is 3.31. The molecule has 2 rings (SSSR count). The summed E-state index contributed by atoms with van der Waals surface area (Å²) in [5, 5.41) is 6.85. The van der Waals surface area contributed by atoms with Crippen molar-refractivity contribution in [3.63, 3.8) is 0 Å². The smallest absolute Gasteiger partial charge is 0.191 e. The second-order valence-electron chi connectivity index (χ2n) is 6.30. The molecule has 0 aromatic heterocycles. The first kappa shape index (κ1) is 22.0. The van der Waals surface area contributed by atoms with Crippen LogP contribution in [0.1, 0.15) is 37.8 Å². The zero-order chi connectivity index (χ0) is 17.4. The fourth-order valence-corrected chi connectivity index (χ4v) is 3.31. The molecule has 1 aromatic rings. The molecule has 1 aromatic carbocycles.